The van der Waals surface area contributed by atoms with Gasteiger partial charge in [0, 0.05) is 0 Å². The summed E-state index contributed by atoms with van der Waals surface area (Å²) in [6, 6.07) is 15.5. The molecule has 0 aliphatic heterocycles. The molecule has 0 saturated heterocycles. The molecule has 0 aliphatic carbocycles. The number of rotatable bonds is 2. The molecule has 2 rings (SSSR count). The van der Waals surface area contributed by atoms with E-state index in [1.807, 2.05) is 37.3 Å². The molecule has 0 aromatic heterocycles. The second-order valence-corrected chi connectivity index (χ2v) is 3.63. The van der Waals surface area contributed by atoms with Crippen molar-refractivity contribution < 1.29 is 5.11 Å². The van der Waals surface area contributed by atoms with Gasteiger partial charge in [0.15, 0.2) is 0 Å². The summed E-state index contributed by atoms with van der Waals surface area (Å²) in [4.78, 5) is 0. The van der Waals surface area contributed by atoms with Crippen LogP contribution >= 0.6 is 0 Å². The summed E-state index contributed by atoms with van der Waals surface area (Å²) in [5, 5.41) is 9.26. The van der Waals surface area contributed by atoms with E-state index in [4.69, 9.17) is 0 Å². The molecule has 0 fully saturated rings. The predicted octanol–water partition coefficient (Wildman–Crippen LogP) is 4.09. The van der Waals surface area contributed by atoms with Crippen LogP contribution in [0.1, 0.15) is 12.5 Å². The van der Waals surface area contributed by atoms with E-state index in [1.54, 1.807) is 12.1 Å². The Kier molecular flexibility index (Phi) is 3.06. The van der Waals surface area contributed by atoms with Crippen LogP contribution in [-0.2, 0) is 0 Å². The highest BCUT2D eigenvalue weighted by Crippen LogP contribution is 2.26. The molecule has 0 bridgehead atoms. The van der Waals surface area contributed by atoms with Crippen molar-refractivity contribution >= 4 is 6.08 Å². The maximum Gasteiger partial charge on any atom is 0.115 e. The standard InChI is InChI=1S/C15H14O/c1-2-5-12-6-3-4-7-15(12)13-8-10-14(16)11-9-13/h2-11,16H,1H3. The van der Waals surface area contributed by atoms with E-state index in [2.05, 4.69) is 18.2 Å². The molecule has 1 nitrogen and oxygen atoms in total. The number of benzene rings is 2. The molecule has 1 N–H and O–H groups in total. The maximum atomic E-state index is 9.26. The predicted molar refractivity (Wildman–Crippen MR) is 68.3 cm³/mol. The monoisotopic (exact) mass is 210 g/mol. The van der Waals surface area contributed by atoms with E-state index in [0.717, 1.165) is 5.56 Å². The average molecular weight is 210 g/mol. The Morgan fingerprint density at radius 2 is 1.62 bits per heavy atom. The second kappa shape index (κ2) is 4.67. The zero-order valence-corrected chi connectivity index (χ0v) is 9.22. The van der Waals surface area contributed by atoms with Crippen LogP contribution in [0.15, 0.2) is 54.6 Å². The van der Waals surface area contributed by atoms with E-state index >= 15 is 0 Å². The van der Waals surface area contributed by atoms with Crippen molar-refractivity contribution in [2.75, 3.05) is 0 Å². The Bertz CT molecular complexity index is 495. The van der Waals surface area contributed by atoms with Crippen molar-refractivity contribution in [1.82, 2.24) is 0 Å². The molecule has 0 aliphatic rings. The molecule has 0 saturated carbocycles. The third kappa shape index (κ3) is 2.14. The number of allylic oxidation sites excluding steroid dienone is 1. The minimum atomic E-state index is 0.298. The Balaban J connectivity index is 2.51. The molecule has 16 heavy (non-hydrogen) atoms. The molecule has 0 unspecified atom stereocenters. The van der Waals surface area contributed by atoms with Gasteiger partial charge in [-0.15, -0.1) is 0 Å². The van der Waals surface area contributed by atoms with Crippen LogP contribution in [-0.4, -0.2) is 5.11 Å². The third-order valence-electron chi connectivity index (χ3n) is 2.49. The number of hydrogen-bond acceptors (Lipinski definition) is 1. The number of hydrogen-bond donors (Lipinski definition) is 1. The molecule has 0 spiro atoms. The molecule has 0 heterocycles. The molecular formula is C15H14O. The van der Waals surface area contributed by atoms with Crippen LogP contribution in [0.2, 0.25) is 0 Å². The lowest BCUT2D eigenvalue weighted by Crippen LogP contribution is -1.82. The van der Waals surface area contributed by atoms with Crippen molar-refractivity contribution in [2.45, 2.75) is 6.92 Å². The first kappa shape index (κ1) is 10.5. The highest BCUT2D eigenvalue weighted by atomic mass is 16.3. The number of phenols is 1. The summed E-state index contributed by atoms with van der Waals surface area (Å²) in [5.41, 5.74) is 3.49. The normalized spacial score (nSPS) is 10.8. The van der Waals surface area contributed by atoms with Crippen LogP contribution in [0.3, 0.4) is 0 Å². The van der Waals surface area contributed by atoms with Gasteiger partial charge in [-0.1, -0.05) is 48.6 Å². The number of phenolic OH excluding ortho intramolecular Hbond substituents is 1. The topological polar surface area (TPSA) is 20.2 Å². The van der Waals surface area contributed by atoms with Crippen LogP contribution < -0.4 is 0 Å². The lowest BCUT2D eigenvalue weighted by molar-refractivity contribution is 0.475. The first-order chi connectivity index (χ1) is 7.81. The summed E-state index contributed by atoms with van der Waals surface area (Å²) in [6.07, 6.45) is 4.11. The van der Waals surface area contributed by atoms with E-state index in [-0.39, 0.29) is 0 Å². The van der Waals surface area contributed by atoms with Gasteiger partial charge in [-0.05, 0) is 35.7 Å². The van der Waals surface area contributed by atoms with E-state index in [0.29, 0.717) is 5.75 Å². The minimum absolute atomic E-state index is 0.298. The first-order valence-electron chi connectivity index (χ1n) is 5.32. The van der Waals surface area contributed by atoms with Gasteiger partial charge in [-0.3, -0.25) is 0 Å². The second-order valence-electron chi connectivity index (χ2n) is 3.63. The smallest absolute Gasteiger partial charge is 0.115 e. The zero-order valence-electron chi connectivity index (χ0n) is 9.22. The van der Waals surface area contributed by atoms with E-state index in [1.165, 1.54) is 11.1 Å². The Morgan fingerprint density at radius 1 is 0.938 bits per heavy atom. The molecule has 80 valence electrons. The van der Waals surface area contributed by atoms with Gasteiger partial charge < -0.3 is 5.11 Å². The van der Waals surface area contributed by atoms with Crippen LogP contribution in [0, 0.1) is 0 Å². The van der Waals surface area contributed by atoms with Crippen molar-refractivity contribution in [3.05, 3.63) is 60.2 Å². The van der Waals surface area contributed by atoms with Crippen LogP contribution in [0.25, 0.3) is 17.2 Å². The highest BCUT2D eigenvalue weighted by molar-refractivity contribution is 5.75. The lowest BCUT2D eigenvalue weighted by atomic mass is 9.99. The molecule has 2 aromatic carbocycles. The molecule has 0 atom stereocenters. The molecule has 1 heteroatoms. The molecule has 2 aromatic rings. The van der Waals surface area contributed by atoms with Crippen molar-refractivity contribution in [1.29, 1.82) is 0 Å². The molecule has 0 radical (unpaired) electrons. The quantitative estimate of drug-likeness (QED) is 0.791. The summed E-state index contributed by atoms with van der Waals surface area (Å²) >= 11 is 0. The van der Waals surface area contributed by atoms with Crippen LogP contribution in [0.5, 0.6) is 5.75 Å². The van der Waals surface area contributed by atoms with Gasteiger partial charge in [0.1, 0.15) is 5.75 Å². The summed E-state index contributed by atoms with van der Waals surface area (Å²) in [5.74, 6) is 0.298. The summed E-state index contributed by atoms with van der Waals surface area (Å²) in [7, 11) is 0. The zero-order chi connectivity index (χ0) is 11.4. The number of aromatic hydroxyl groups is 1. The third-order valence-corrected chi connectivity index (χ3v) is 2.49. The van der Waals surface area contributed by atoms with E-state index in [9.17, 15) is 5.11 Å². The van der Waals surface area contributed by atoms with Gasteiger partial charge in [-0.25, -0.2) is 0 Å². The maximum absolute atomic E-state index is 9.26. The largest absolute Gasteiger partial charge is 0.508 e. The fraction of sp³-hybridized carbons (Fsp3) is 0.0667. The fourth-order valence-corrected chi connectivity index (χ4v) is 1.73. The first-order valence-corrected chi connectivity index (χ1v) is 5.32. The van der Waals surface area contributed by atoms with Gasteiger partial charge >= 0.3 is 0 Å². The van der Waals surface area contributed by atoms with Gasteiger partial charge in [-0.2, -0.15) is 0 Å². The summed E-state index contributed by atoms with van der Waals surface area (Å²) in [6.45, 7) is 2.01. The van der Waals surface area contributed by atoms with Crippen molar-refractivity contribution in [3.63, 3.8) is 0 Å². The van der Waals surface area contributed by atoms with Crippen molar-refractivity contribution in [3.8, 4) is 16.9 Å². The van der Waals surface area contributed by atoms with Gasteiger partial charge in [0.25, 0.3) is 0 Å². The van der Waals surface area contributed by atoms with Gasteiger partial charge in [0.2, 0.25) is 0 Å². The fourth-order valence-electron chi connectivity index (χ4n) is 1.73. The van der Waals surface area contributed by atoms with Crippen LogP contribution in [0.4, 0.5) is 0 Å². The average Bonchev–Trinajstić information content (AvgIpc) is 2.32. The minimum Gasteiger partial charge on any atom is -0.508 e. The SMILES string of the molecule is CC=Cc1ccccc1-c1ccc(O)cc1. The van der Waals surface area contributed by atoms with Gasteiger partial charge in [0.05, 0.1) is 0 Å². The Labute approximate surface area is 95.7 Å². The highest BCUT2D eigenvalue weighted by Gasteiger charge is 2.01. The Hall–Kier alpha value is -2.02. The summed E-state index contributed by atoms with van der Waals surface area (Å²) < 4.78 is 0. The van der Waals surface area contributed by atoms with Crippen molar-refractivity contribution in [2.24, 2.45) is 0 Å². The Morgan fingerprint density at radius 3 is 2.31 bits per heavy atom. The van der Waals surface area contributed by atoms with E-state index < -0.39 is 0 Å². The molecule has 0 amide bonds. The lowest BCUT2D eigenvalue weighted by Gasteiger charge is -2.06. The molecular weight excluding hydrogens is 196 g/mol.